The number of carbonyl (C=O) groups excluding carboxylic acids is 1. The Hall–Kier alpha value is -2.19. The van der Waals surface area contributed by atoms with E-state index >= 15 is 0 Å². The van der Waals surface area contributed by atoms with Crippen LogP contribution in [0.4, 0.5) is 4.39 Å². The monoisotopic (exact) mass is 326 g/mol. The van der Waals surface area contributed by atoms with Crippen LogP contribution in [0.2, 0.25) is 0 Å². The van der Waals surface area contributed by atoms with Crippen LogP contribution < -0.4 is 0 Å². The van der Waals surface area contributed by atoms with E-state index in [0.717, 1.165) is 36.9 Å². The quantitative estimate of drug-likeness (QED) is 0.631. The van der Waals surface area contributed by atoms with Gasteiger partial charge in [-0.05, 0) is 61.6 Å². The molecule has 0 unspecified atom stereocenters. The van der Waals surface area contributed by atoms with E-state index in [9.17, 15) is 14.4 Å². The van der Waals surface area contributed by atoms with Crippen molar-refractivity contribution in [3.8, 4) is 6.07 Å². The Morgan fingerprint density at radius 3 is 2.74 bits per heavy atom. The molecule has 0 radical (unpaired) electrons. The van der Waals surface area contributed by atoms with Gasteiger partial charge in [0.15, 0.2) is 5.78 Å². The zero-order valence-corrected chi connectivity index (χ0v) is 13.3. The topological polar surface area (TPSA) is 53.8 Å². The van der Waals surface area contributed by atoms with Crippen LogP contribution in [0.15, 0.2) is 35.4 Å². The maximum atomic E-state index is 12.9. The number of nitriles is 1. The van der Waals surface area contributed by atoms with E-state index in [4.69, 9.17) is 0 Å². The number of nitrogens with zero attached hydrogens (tertiary/aromatic N) is 2. The average Bonchev–Trinajstić information content (AvgIpc) is 2.59. The number of ketones is 1. The molecule has 0 fully saturated rings. The number of rotatable bonds is 4. The fraction of sp³-hybridized carbons (Fsp3) is 0.278. The van der Waals surface area contributed by atoms with Crippen LogP contribution in [-0.4, -0.2) is 16.5 Å². The highest BCUT2D eigenvalue weighted by molar-refractivity contribution is 8.00. The van der Waals surface area contributed by atoms with Crippen LogP contribution in [0.1, 0.15) is 40.0 Å². The van der Waals surface area contributed by atoms with Gasteiger partial charge in [-0.25, -0.2) is 9.37 Å². The molecule has 0 atom stereocenters. The molecule has 116 valence electrons. The van der Waals surface area contributed by atoms with Gasteiger partial charge in [0.05, 0.1) is 11.3 Å². The Morgan fingerprint density at radius 1 is 1.26 bits per heavy atom. The molecular weight excluding hydrogens is 311 g/mol. The van der Waals surface area contributed by atoms with Crippen LogP contribution in [0.5, 0.6) is 0 Å². The predicted molar refractivity (Wildman–Crippen MR) is 87.0 cm³/mol. The second-order valence-electron chi connectivity index (χ2n) is 5.48. The third kappa shape index (κ3) is 3.59. The summed E-state index contributed by atoms with van der Waals surface area (Å²) in [7, 11) is 0. The first-order valence-corrected chi connectivity index (χ1v) is 8.50. The second-order valence-corrected chi connectivity index (χ2v) is 6.45. The summed E-state index contributed by atoms with van der Waals surface area (Å²) in [6.45, 7) is 0. The number of carbonyl (C=O) groups is 1. The molecule has 0 aliphatic heterocycles. The Balaban J connectivity index is 1.76. The zero-order chi connectivity index (χ0) is 16.2. The van der Waals surface area contributed by atoms with Gasteiger partial charge in [-0.3, -0.25) is 4.79 Å². The summed E-state index contributed by atoms with van der Waals surface area (Å²) in [6, 6.07) is 9.58. The van der Waals surface area contributed by atoms with Gasteiger partial charge < -0.3 is 0 Å². The molecule has 0 amide bonds. The summed E-state index contributed by atoms with van der Waals surface area (Å²) in [5.74, 6) is -0.276. The van der Waals surface area contributed by atoms with Crippen LogP contribution in [0.25, 0.3) is 0 Å². The van der Waals surface area contributed by atoms with E-state index in [-0.39, 0.29) is 17.4 Å². The van der Waals surface area contributed by atoms with Crippen LogP contribution in [-0.2, 0) is 12.8 Å². The molecule has 3 nitrogen and oxygen atoms in total. The van der Waals surface area contributed by atoms with Crippen LogP contribution in [0.3, 0.4) is 0 Å². The minimum absolute atomic E-state index is 0.0987. The number of thioether (sulfide) groups is 1. The van der Waals surface area contributed by atoms with Gasteiger partial charge in [-0.1, -0.05) is 11.8 Å². The lowest BCUT2D eigenvalue weighted by atomic mass is 9.95. The van der Waals surface area contributed by atoms with Gasteiger partial charge in [0, 0.05) is 11.3 Å². The summed E-state index contributed by atoms with van der Waals surface area (Å²) in [6.07, 6.45) is 4.15. The molecule has 1 aromatic heterocycles. The number of fused-ring (bicyclic) bond motifs is 1. The predicted octanol–water partition coefficient (Wildman–Crippen LogP) is 3.95. The third-order valence-electron chi connectivity index (χ3n) is 3.89. The van der Waals surface area contributed by atoms with Crippen molar-refractivity contribution in [2.24, 2.45) is 0 Å². The molecule has 1 aliphatic carbocycles. The highest BCUT2D eigenvalue weighted by atomic mass is 32.2. The number of benzene rings is 1. The molecule has 0 bridgehead atoms. The Bertz CT molecular complexity index is 781. The summed E-state index contributed by atoms with van der Waals surface area (Å²) >= 11 is 1.27. The number of aromatic nitrogens is 1. The summed E-state index contributed by atoms with van der Waals surface area (Å²) in [4.78, 5) is 16.8. The minimum atomic E-state index is -0.364. The summed E-state index contributed by atoms with van der Waals surface area (Å²) in [5, 5.41) is 9.92. The molecule has 3 rings (SSSR count). The minimum Gasteiger partial charge on any atom is -0.293 e. The Labute approximate surface area is 138 Å². The lowest BCUT2D eigenvalue weighted by Crippen LogP contribution is -2.08. The van der Waals surface area contributed by atoms with Crippen molar-refractivity contribution in [2.75, 3.05) is 5.75 Å². The molecule has 1 heterocycles. The van der Waals surface area contributed by atoms with Crippen molar-refractivity contribution in [3.63, 3.8) is 0 Å². The first kappa shape index (κ1) is 15.7. The van der Waals surface area contributed by atoms with Crippen LogP contribution in [0, 0.1) is 17.1 Å². The van der Waals surface area contributed by atoms with Gasteiger partial charge >= 0.3 is 0 Å². The van der Waals surface area contributed by atoms with Gasteiger partial charge in [-0.2, -0.15) is 5.26 Å². The van der Waals surface area contributed by atoms with Gasteiger partial charge in [-0.15, -0.1) is 0 Å². The van der Waals surface area contributed by atoms with Crippen molar-refractivity contribution >= 4 is 17.5 Å². The first-order chi connectivity index (χ1) is 11.2. The first-order valence-electron chi connectivity index (χ1n) is 7.52. The molecule has 0 N–H and O–H groups in total. The van der Waals surface area contributed by atoms with E-state index in [1.54, 1.807) is 0 Å². The maximum Gasteiger partial charge on any atom is 0.173 e. The van der Waals surface area contributed by atoms with Gasteiger partial charge in [0.2, 0.25) is 0 Å². The van der Waals surface area contributed by atoms with E-state index < -0.39 is 0 Å². The molecule has 0 spiro atoms. The average molecular weight is 326 g/mol. The lowest BCUT2D eigenvalue weighted by Gasteiger charge is -2.16. The number of Topliss-reactive ketones (excluding diaryl/α,β-unsaturated/α-hetero) is 1. The molecule has 1 aliphatic rings. The largest absolute Gasteiger partial charge is 0.293 e. The van der Waals surface area contributed by atoms with Gasteiger partial charge in [0.1, 0.15) is 16.9 Å². The molecule has 0 saturated heterocycles. The third-order valence-corrected chi connectivity index (χ3v) is 4.88. The van der Waals surface area contributed by atoms with Crippen molar-refractivity contribution in [3.05, 3.63) is 58.5 Å². The molecular formula is C18H15FN2OS. The van der Waals surface area contributed by atoms with Crippen molar-refractivity contribution in [2.45, 2.75) is 30.7 Å². The van der Waals surface area contributed by atoms with Gasteiger partial charge in [0.25, 0.3) is 0 Å². The number of aryl methyl sites for hydroxylation is 2. The van der Waals surface area contributed by atoms with Crippen molar-refractivity contribution < 1.29 is 9.18 Å². The molecule has 1 aromatic carbocycles. The Morgan fingerprint density at radius 2 is 2.00 bits per heavy atom. The Kier molecular flexibility index (Phi) is 4.73. The molecule has 5 heteroatoms. The lowest BCUT2D eigenvalue weighted by molar-refractivity contribution is 0.102. The van der Waals surface area contributed by atoms with E-state index in [0.29, 0.717) is 16.2 Å². The SMILES string of the molecule is N#Cc1cc2c(nc1SCC(=O)c1ccc(F)cc1)CCCC2. The highest BCUT2D eigenvalue weighted by Gasteiger charge is 2.16. The summed E-state index contributed by atoms with van der Waals surface area (Å²) < 4.78 is 12.9. The van der Waals surface area contributed by atoms with Crippen molar-refractivity contribution in [1.82, 2.24) is 4.98 Å². The summed E-state index contributed by atoms with van der Waals surface area (Å²) in [5.41, 5.74) is 3.20. The fourth-order valence-electron chi connectivity index (χ4n) is 2.66. The molecule has 23 heavy (non-hydrogen) atoms. The zero-order valence-electron chi connectivity index (χ0n) is 12.5. The molecule has 0 saturated carbocycles. The number of hydrogen-bond acceptors (Lipinski definition) is 4. The number of pyridine rings is 1. The van der Waals surface area contributed by atoms with E-state index in [1.807, 2.05) is 6.07 Å². The standard InChI is InChI=1S/C18H15FN2OS/c19-15-7-5-12(6-8-15)17(22)11-23-18-14(10-20)9-13-3-1-2-4-16(13)21-18/h5-9H,1-4,11H2. The van der Waals surface area contributed by atoms with E-state index in [2.05, 4.69) is 11.1 Å². The second kappa shape index (κ2) is 6.93. The maximum absolute atomic E-state index is 12.9. The number of halogens is 1. The fourth-order valence-corrected chi connectivity index (χ4v) is 3.53. The normalized spacial score (nSPS) is 13.2. The highest BCUT2D eigenvalue weighted by Crippen LogP contribution is 2.27. The van der Waals surface area contributed by atoms with Crippen LogP contribution >= 0.6 is 11.8 Å². The molecule has 2 aromatic rings. The van der Waals surface area contributed by atoms with Crippen molar-refractivity contribution in [1.29, 1.82) is 5.26 Å². The smallest absolute Gasteiger partial charge is 0.173 e. The number of hydrogen-bond donors (Lipinski definition) is 0. The van der Waals surface area contributed by atoms with E-state index in [1.165, 1.54) is 36.0 Å².